The second-order valence-electron chi connectivity index (χ2n) is 14.6. The molecule has 0 unspecified atom stereocenters. The minimum Gasteiger partial charge on any atom is -0.344 e. The molecule has 0 spiro atoms. The number of carbonyl (C=O) groups excluding carboxylic acids is 3. The fourth-order valence-corrected chi connectivity index (χ4v) is 8.41. The number of unbranched alkanes of at least 4 members (excludes halogenated alkanes) is 2. The van der Waals surface area contributed by atoms with Gasteiger partial charge in [-0.1, -0.05) is 56.3 Å². The van der Waals surface area contributed by atoms with Gasteiger partial charge in [0, 0.05) is 66.7 Å². The molecule has 0 aliphatic carbocycles. The summed E-state index contributed by atoms with van der Waals surface area (Å²) < 4.78 is 14.4. The van der Waals surface area contributed by atoms with Crippen LogP contribution in [0.4, 0.5) is 11.4 Å². The van der Waals surface area contributed by atoms with E-state index in [-0.39, 0.29) is 30.0 Å². The summed E-state index contributed by atoms with van der Waals surface area (Å²) in [7, 11) is -4.38. The van der Waals surface area contributed by atoms with Crippen molar-refractivity contribution < 1.29 is 38.1 Å². The zero-order valence-electron chi connectivity index (χ0n) is 30.5. The van der Waals surface area contributed by atoms with Crippen LogP contribution in [0, 0.1) is 0 Å². The number of amides is 2. The second-order valence-corrected chi connectivity index (χ2v) is 16.2. The minimum atomic E-state index is -4.38. The lowest BCUT2D eigenvalue weighted by Gasteiger charge is -2.25. The van der Waals surface area contributed by atoms with Crippen molar-refractivity contribution in [3.05, 3.63) is 102 Å². The molecule has 11 heteroatoms. The van der Waals surface area contributed by atoms with Crippen LogP contribution in [-0.2, 0) is 34.6 Å². The first-order valence-electron chi connectivity index (χ1n) is 17.9. The first-order chi connectivity index (χ1) is 24.7. The lowest BCUT2D eigenvalue weighted by Crippen LogP contribution is -2.31. The highest BCUT2D eigenvalue weighted by molar-refractivity contribution is 7.60. The Hall–Kier alpha value is -4.63. The molecule has 0 saturated carbocycles. The van der Waals surface area contributed by atoms with Crippen LogP contribution in [-0.4, -0.2) is 56.0 Å². The highest BCUT2D eigenvalue weighted by Gasteiger charge is 2.45. The summed E-state index contributed by atoms with van der Waals surface area (Å²) in [5.41, 5.74) is 5.76. The molecule has 3 heterocycles. The van der Waals surface area contributed by atoms with Crippen LogP contribution in [0.2, 0.25) is 0 Å². The third-order valence-electron chi connectivity index (χ3n) is 10.5. The van der Waals surface area contributed by atoms with E-state index in [9.17, 15) is 28.7 Å². The Labute approximate surface area is 304 Å². The number of fused-ring (bicyclic) bond motifs is 4. The van der Waals surface area contributed by atoms with E-state index in [1.165, 1.54) is 28.1 Å². The van der Waals surface area contributed by atoms with Crippen LogP contribution >= 0.6 is 7.60 Å². The Balaban J connectivity index is 1.21. The molecule has 0 radical (unpaired) electrons. The molecule has 272 valence electrons. The topological polar surface area (TPSA) is 127 Å². The molecule has 6 rings (SSSR count). The quantitative estimate of drug-likeness (QED) is 0.0673. The maximum Gasteiger partial charge on any atom is 0.356 e. The van der Waals surface area contributed by atoms with Gasteiger partial charge in [-0.05, 0) is 80.3 Å². The van der Waals surface area contributed by atoms with Crippen LogP contribution in [0.5, 0.6) is 0 Å². The maximum atomic E-state index is 12.3. The van der Waals surface area contributed by atoms with Crippen LogP contribution < -0.4 is 10.2 Å². The van der Waals surface area contributed by atoms with Gasteiger partial charge in [0.2, 0.25) is 5.69 Å². The van der Waals surface area contributed by atoms with Crippen molar-refractivity contribution in [2.75, 3.05) is 18.0 Å². The smallest absolute Gasteiger partial charge is 0.344 e. The summed E-state index contributed by atoms with van der Waals surface area (Å²) >= 11 is 0. The number of imide groups is 1. The Bertz CT molecular complexity index is 2110. The first-order valence-corrected chi connectivity index (χ1v) is 19.5. The van der Waals surface area contributed by atoms with Gasteiger partial charge in [0.15, 0.2) is 5.71 Å². The van der Waals surface area contributed by atoms with E-state index < -0.39 is 30.8 Å². The number of allylic oxidation sites excluding steroid dienone is 6. The number of hydrogen-bond donors (Lipinski definition) is 2. The van der Waals surface area contributed by atoms with Gasteiger partial charge >= 0.3 is 13.6 Å². The standard InChI is InChI=1S/C41H46N3O7P/c1-6-42-32-23-21-29(52(48,49)50)27-31(32)40(2,3)34(42)17-9-7-10-18-35-41(4,5)39-30-16-13-12-15-28(30)20-22-33(39)43(35)26-14-8-11-19-38(47)51-44-36(45)24-25-37(44)46/h7,9-10,12-13,15-18,20-23,27H,6,8,11,14,19,24-26H2,1-5H3,(H-,48,49,50)/p+1. The normalized spacial score (nSPS) is 18.9. The summed E-state index contributed by atoms with van der Waals surface area (Å²) in [6.07, 6.45) is 12.8. The number of anilines is 1. The van der Waals surface area contributed by atoms with Crippen molar-refractivity contribution in [1.82, 2.24) is 5.06 Å². The molecule has 0 bridgehead atoms. The van der Waals surface area contributed by atoms with Crippen molar-refractivity contribution in [3.63, 3.8) is 0 Å². The van der Waals surface area contributed by atoms with Crippen LogP contribution in [0.1, 0.15) is 84.3 Å². The van der Waals surface area contributed by atoms with Gasteiger partial charge in [-0.25, -0.2) is 4.79 Å². The van der Waals surface area contributed by atoms with Gasteiger partial charge in [0.1, 0.15) is 6.54 Å². The number of nitrogens with zero attached hydrogens (tertiary/aromatic N) is 3. The van der Waals surface area contributed by atoms with Gasteiger partial charge in [-0.15, -0.1) is 5.06 Å². The molecule has 0 aromatic heterocycles. The number of carbonyl (C=O) groups is 3. The summed E-state index contributed by atoms with van der Waals surface area (Å²) in [6, 6.07) is 17.8. The van der Waals surface area contributed by atoms with Crippen molar-refractivity contribution in [3.8, 4) is 0 Å². The van der Waals surface area contributed by atoms with Crippen LogP contribution in [0.15, 0.2) is 90.7 Å². The van der Waals surface area contributed by atoms with E-state index in [1.807, 2.05) is 12.2 Å². The van der Waals surface area contributed by atoms with Gasteiger partial charge < -0.3 is 19.5 Å². The van der Waals surface area contributed by atoms with E-state index in [0.717, 1.165) is 42.0 Å². The average molecular weight is 725 g/mol. The number of rotatable bonds is 12. The van der Waals surface area contributed by atoms with Crippen LogP contribution in [0.3, 0.4) is 0 Å². The van der Waals surface area contributed by atoms with Crippen molar-refractivity contribution in [2.24, 2.45) is 0 Å². The lowest BCUT2D eigenvalue weighted by atomic mass is 9.79. The summed E-state index contributed by atoms with van der Waals surface area (Å²) in [4.78, 5) is 62.8. The Kier molecular flexibility index (Phi) is 10.3. The number of hydrogen-bond acceptors (Lipinski definition) is 6. The number of likely N-dealkylation sites (N-methyl/N-ethyl adjacent to an activating group) is 1. The van der Waals surface area contributed by atoms with E-state index in [4.69, 9.17) is 4.84 Å². The average Bonchev–Trinajstić information content (AvgIpc) is 3.62. The molecule has 1 fully saturated rings. The summed E-state index contributed by atoms with van der Waals surface area (Å²) in [5, 5.41) is 3.04. The fraction of sp³-hybridized carbons (Fsp3) is 0.366. The van der Waals surface area contributed by atoms with E-state index in [1.54, 1.807) is 12.1 Å². The Morgan fingerprint density at radius 2 is 1.65 bits per heavy atom. The molecule has 2 amide bonds. The monoisotopic (exact) mass is 724 g/mol. The predicted molar refractivity (Wildman–Crippen MR) is 203 cm³/mol. The van der Waals surface area contributed by atoms with Gasteiger partial charge in [0.25, 0.3) is 11.8 Å². The van der Waals surface area contributed by atoms with E-state index in [2.05, 4.69) is 98.7 Å². The third-order valence-corrected chi connectivity index (χ3v) is 11.4. The minimum absolute atomic E-state index is 0.0278. The molecule has 52 heavy (non-hydrogen) atoms. The first kappa shape index (κ1) is 37.1. The van der Waals surface area contributed by atoms with Gasteiger partial charge in [0.05, 0.1) is 10.7 Å². The maximum absolute atomic E-state index is 12.3. The largest absolute Gasteiger partial charge is 0.356 e. The van der Waals surface area contributed by atoms with Crippen molar-refractivity contribution >= 4 is 58.5 Å². The molecule has 3 aliphatic rings. The zero-order chi connectivity index (χ0) is 37.4. The summed E-state index contributed by atoms with van der Waals surface area (Å²) in [6.45, 7) is 12.2. The molecular formula is C41H47N3O7P+. The highest BCUT2D eigenvalue weighted by atomic mass is 31.2. The van der Waals surface area contributed by atoms with E-state index in [0.29, 0.717) is 18.0 Å². The third kappa shape index (κ3) is 6.95. The molecule has 3 aromatic carbocycles. The molecular weight excluding hydrogens is 677 g/mol. The molecule has 0 atom stereocenters. The molecule has 3 aliphatic heterocycles. The zero-order valence-corrected chi connectivity index (χ0v) is 31.4. The molecule has 3 aromatic rings. The Morgan fingerprint density at radius 1 is 0.923 bits per heavy atom. The van der Waals surface area contributed by atoms with Gasteiger partial charge in [-0.3, -0.25) is 14.2 Å². The van der Waals surface area contributed by atoms with Crippen molar-refractivity contribution in [1.29, 1.82) is 0 Å². The highest BCUT2D eigenvalue weighted by Crippen LogP contribution is 2.49. The Morgan fingerprint density at radius 3 is 2.37 bits per heavy atom. The summed E-state index contributed by atoms with van der Waals surface area (Å²) in [5.74, 6) is -1.52. The lowest BCUT2D eigenvalue weighted by molar-refractivity contribution is -0.438. The predicted octanol–water partition coefficient (Wildman–Crippen LogP) is 7.00. The molecule has 1 saturated heterocycles. The van der Waals surface area contributed by atoms with Gasteiger partial charge in [-0.2, -0.15) is 4.58 Å². The van der Waals surface area contributed by atoms with Crippen LogP contribution in [0.25, 0.3) is 10.8 Å². The molecule has 2 N–H and O–H groups in total. The van der Waals surface area contributed by atoms with E-state index >= 15 is 0 Å². The number of hydroxylamine groups is 2. The van der Waals surface area contributed by atoms with Crippen molar-refractivity contribution in [2.45, 2.75) is 84.0 Å². The molecule has 10 nitrogen and oxygen atoms in total. The fourth-order valence-electron chi connectivity index (χ4n) is 7.84. The SMILES string of the molecule is CCN1/C(=C/C=C/C=C/C2=[N+](CCCCCC(=O)ON3C(=O)CCC3=O)c3ccc4ccccc4c3C2(C)C)C(C)(C)c2cc(P(=O)(O)O)ccc21. The second kappa shape index (κ2) is 14.4. The number of benzene rings is 3.